The summed E-state index contributed by atoms with van der Waals surface area (Å²) in [5.41, 5.74) is -6.31. The molecule has 1 fully saturated rings. The van der Waals surface area contributed by atoms with Crippen LogP contribution < -0.4 is 0 Å². The van der Waals surface area contributed by atoms with Crippen molar-refractivity contribution in [3.8, 4) is 0 Å². The fourth-order valence-corrected chi connectivity index (χ4v) is 7.73. The molecule has 61 heavy (non-hydrogen) atoms. The Bertz CT molecular complexity index is 2070. The van der Waals surface area contributed by atoms with Crippen molar-refractivity contribution in [3.05, 3.63) is 84.5 Å². The maximum Gasteiger partial charge on any atom is 0.340 e. The third-order valence-corrected chi connectivity index (χ3v) is 10.4. The van der Waals surface area contributed by atoms with Crippen LogP contribution in [0.2, 0.25) is 0 Å². The van der Waals surface area contributed by atoms with E-state index < -0.39 is 119 Å². The third-order valence-electron chi connectivity index (χ3n) is 10.4. The summed E-state index contributed by atoms with van der Waals surface area (Å²) in [7, 11) is 0. The molecule has 0 radical (unpaired) electrons. The number of ketones is 1. The first-order chi connectivity index (χ1) is 28.4. The minimum Gasteiger partial charge on any atom is -0.458 e. The number of hydrogen-bond acceptors (Lipinski definition) is 17. The lowest BCUT2D eigenvalue weighted by molar-refractivity contribution is -0.192. The summed E-state index contributed by atoms with van der Waals surface area (Å²) >= 11 is 0. The van der Waals surface area contributed by atoms with E-state index in [1.807, 2.05) is 0 Å². The molecule has 2 aliphatic carbocycles. The molecule has 4 rings (SSSR count). The van der Waals surface area contributed by atoms with Crippen LogP contribution in [-0.4, -0.2) is 99.3 Å². The van der Waals surface area contributed by atoms with Gasteiger partial charge in [0.25, 0.3) is 0 Å². The van der Waals surface area contributed by atoms with Gasteiger partial charge in [0.2, 0.25) is 0 Å². The number of ether oxygens (including phenoxy) is 7. The molecule has 2 aromatic heterocycles. The molecule has 17 heteroatoms. The Morgan fingerprint density at radius 3 is 1.77 bits per heavy atom. The Morgan fingerprint density at radius 1 is 0.721 bits per heavy atom. The summed E-state index contributed by atoms with van der Waals surface area (Å²) in [4.78, 5) is 117. The van der Waals surface area contributed by atoms with E-state index in [4.69, 9.17) is 33.2 Å². The van der Waals surface area contributed by atoms with E-state index in [2.05, 4.69) is 16.5 Å². The summed E-state index contributed by atoms with van der Waals surface area (Å²) in [5.74, 6) is -11.3. The molecule has 0 bridgehead atoms. The van der Waals surface area contributed by atoms with E-state index in [-0.39, 0.29) is 16.7 Å². The molecule has 2 aliphatic rings. The second kappa shape index (κ2) is 19.0. The number of hydrogen-bond donors (Lipinski definition) is 0. The van der Waals surface area contributed by atoms with Gasteiger partial charge in [0.1, 0.15) is 6.10 Å². The third kappa shape index (κ3) is 10.7. The molecule has 1 saturated carbocycles. The highest BCUT2D eigenvalue weighted by Crippen LogP contribution is 2.54. The Hall–Kier alpha value is -6.26. The Balaban J connectivity index is 2.15. The van der Waals surface area contributed by atoms with Gasteiger partial charge in [-0.2, -0.15) is 0 Å². The lowest BCUT2D eigenvalue weighted by Crippen LogP contribution is -2.59. The minimum absolute atomic E-state index is 0.00609. The first kappa shape index (κ1) is 47.4. The molecule has 9 atom stereocenters. The van der Waals surface area contributed by atoms with Gasteiger partial charge in [0.05, 0.1) is 23.0 Å². The number of nitrogens with zero attached hydrogens (tertiary/aromatic N) is 2. The molecule has 0 spiro atoms. The highest BCUT2D eigenvalue weighted by Gasteiger charge is 2.72. The summed E-state index contributed by atoms with van der Waals surface area (Å²) in [6.45, 7) is 17.4. The average Bonchev–Trinajstić information content (AvgIpc) is 3.41. The predicted octanol–water partition coefficient (Wildman–Crippen LogP) is 4.66. The van der Waals surface area contributed by atoms with Crippen LogP contribution in [0, 0.1) is 23.2 Å². The molecule has 328 valence electrons. The van der Waals surface area contributed by atoms with Gasteiger partial charge in [-0.3, -0.25) is 38.7 Å². The maximum absolute atomic E-state index is 15.3. The smallest absolute Gasteiger partial charge is 0.340 e. The fraction of sp³-hybridized carbons (Fsp3) is 0.500. The number of carbonyl (C=O) groups excluding carboxylic acids is 8. The van der Waals surface area contributed by atoms with Crippen LogP contribution in [0.4, 0.5) is 0 Å². The van der Waals surface area contributed by atoms with Crippen LogP contribution in [0.1, 0.15) is 96.4 Å². The Labute approximate surface area is 353 Å². The highest BCUT2D eigenvalue weighted by molar-refractivity contribution is 5.95. The van der Waals surface area contributed by atoms with Crippen LogP contribution >= 0.6 is 0 Å². The van der Waals surface area contributed by atoms with Crippen LogP contribution in [0.5, 0.6) is 0 Å². The van der Waals surface area contributed by atoms with E-state index in [0.29, 0.717) is 0 Å². The molecule has 0 aliphatic heterocycles. The largest absolute Gasteiger partial charge is 0.458 e. The van der Waals surface area contributed by atoms with Gasteiger partial charge < -0.3 is 33.2 Å². The van der Waals surface area contributed by atoms with Gasteiger partial charge >= 0.3 is 41.8 Å². The number of allylic oxidation sites excluding steroid dienone is 1. The second-order valence-electron chi connectivity index (χ2n) is 16.3. The van der Waals surface area contributed by atoms with E-state index in [9.17, 15) is 33.6 Å². The molecular formula is C44H52N2O15. The monoisotopic (exact) mass is 848 g/mol. The van der Waals surface area contributed by atoms with Crippen molar-refractivity contribution in [2.75, 3.05) is 0 Å². The lowest BCUT2D eigenvalue weighted by atomic mass is 9.72. The number of Topliss-reactive ketones (excluding diaryl/α,β-unsaturated/α-hetero) is 1. The number of fused-ring (bicyclic) bond motifs is 1. The van der Waals surface area contributed by atoms with Crippen LogP contribution in [0.25, 0.3) is 0 Å². The molecule has 0 amide bonds. The Kier molecular flexibility index (Phi) is 14.8. The van der Waals surface area contributed by atoms with Crippen molar-refractivity contribution in [2.24, 2.45) is 23.2 Å². The van der Waals surface area contributed by atoms with Crippen molar-refractivity contribution in [2.45, 2.75) is 117 Å². The first-order valence-electron chi connectivity index (χ1n) is 19.5. The number of aromatic nitrogens is 2. The highest BCUT2D eigenvalue weighted by atomic mass is 16.6. The van der Waals surface area contributed by atoms with Crippen molar-refractivity contribution < 1.29 is 71.5 Å². The van der Waals surface area contributed by atoms with E-state index in [1.165, 1.54) is 88.9 Å². The maximum atomic E-state index is 15.3. The van der Waals surface area contributed by atoms with Crippen molar-refractivity contribution in [1.82, 2.24) is 9.97 Å². The molecule has 17 nitrogen and oxygen atoms in total. The molecule has 2 unspecified atom stereocenters. The summed E-state index contributed by atoms with van der Waals surface area (Å²) in [5, 5.41) is 0. The molecular weight excluding hydrogens is 796 g/mol. The summed E-state index contributed by atoms with van der Waals surface area (Å²) < 4.78 is 42.2. The zero-order valence-corrected chi connectivity index (χ0v) is 35.8. The van der Waals surface area contributed by atoms with Crippen molar-refractivity contribution >= 4 is 47.6 Å². The van der Waals surface area contributed by atoms with E-state index in [0.717, 1.165) is 27.7 Å². The van der Waals surface area contributed by atoms with Gasteiger partial charge in [-0.15, -0.1) is 0 Å². The topological polar surface area (TPSA) is 227 Å². The van der Waals surface area contributed by atoms with Gasteiger partial charge in [-0.05, 0) is 31.2 Å². The molecule has 2 aromatic rings. The number of esters is 7. The van der Waals surface area contributed by atoms with Gasteiger partial charge in [0.15, 0.2) is 41.4 Å². The van der Waals surface area contributed by atoms with Crippen LogP contribution in [-0.2, 0) is 61.9 Å². The quantitative estimate of drug-likeness (QED) is 0.180. The minimum atomic E-state index is -2.46. The predicted molar refractivity (Wildman–Crippen MR) is 212 cm³/mol. The van der Waals surface area contributed by atoms with E-state index in [1.54, 1.807) is 13.8 Å². The second-order valence-corrected chi connectivity index (χ2v) is 16.3. The summed E-state index contributed by atoms with van der Waals surface area (Å²) in [6, 6.07) is 5.81. The van der Waals surface area contributed by atoms with Gasteiger partial charge in [-0.1, -0.05) is 53.3 Å². The Morgan fingerprint density at radius 2 is 1.28 bits per heavy atom. The molecule has 0 saturated heterocycles. The summed E-state index contributed by atoms with van der Waals surface area (Å²) in [6.07, 6.45) is -1.32. The van der Waals surface area contributed by atoms with Gasteiger partial charge in [0, 0.05) is 75.8 Å². The number of pyridine rings is 2. The van der Waals surface area contributed by atoms with E-state index >= 15 is 4.79 Å². The van der Waals surface area contributed by atoms with Crippen LogP contribution in [0.3, 0.4) is 0 Å². The molecule has 2 heterocycles. The van der Waals surface area contributed by atoms with Crippen LogP contribution in [0.15, 0.2) is 73.4 Å². The SMILES string of the molecule is C=C1[C@@H](OC(C)=O)C(OC(C)=O)[C@@H](OC(=O)c2cccnc2)C(C)(C)C=C[C@H](C)C(=O)[C@@]2(OC(C)=O)C[C@@](C)(OC(=O)c3cccnc3)C(OC(C)=O)[C@@H]2[C@H]1OC(=O)C(C)C. The van der Waals surface area contributed by atoms with Gasteiger partial charge in [-0.25, -0.2) is 9.59 Å². The average molecular weight is 849 g/mol. The molecule has 0 aromatic carbocycles. The zero-order chi connectivity index (χ0) is 45.6. The number of rotatable bonds is 10. The first-order valence-corrected chi connectivity index (χ1v) is 19.5. The standard InChI is InChI=1S/C44H52N2O15/c1-23(2)39(52)58-33-25(4)34(55-26(5)47)35(56-27(6)48)38(59-40(53)30-14-12-18-45-20-30)42(9,10)17-16-24(3)36(51)44(60-29(8)50)22-43(11,37(32(33)44)57-28(7)49)61-41(54)31-15-13-19-46-21-31/h12-21,23-24,32-35,37-38H,4,22H2,1-3,5-11H3/t24-,32-,33-,34+,35?,37?,38+,43+,44+/m0/s1. The van der Waals surface area contributed by atoms with Crippen molar-refractivity contribution in [1.29, 1.82) is 0 Å². The fourth-order valence-electron chi connectivity index (χ4n) is 7.73. The van der Waals surface area contributed by atoms with Crippen molar-refractivity contribution in [3.63, 3.8) is 0 Å². The number of carbonyl (C=O) groups is 8. The zero-order valence-electron chi connectivity index (χ0n) is 35.8. The lowest BCUT2D eigenvalue weighted by Gasteiger charge is -2.44. The normalized spacial score (nSPS) is 28.5. The molecule has 0 N–H and O–H groups in total.